The Kier molecular flexibility index (Phi) is 5.44. The number of phenols is 1. The van der Waals surface area contributed by atoms with Gasteiger partial charge in [-0.15, -0.1) is 0 Å². The quantitative estimate of drug-likeness (QED) is 0.373. The monoisotopic (exact) mass is 353 g/mol. The summed E-state index contributed by atoms with van der Waals surface area (Å²) < 4.78 is 0.101. The lowest BCUT2D eigenvalue weighted by Gasteiger charge is -2.07. The molecule has 0 bridgehead atoms. The van der Waals surface area contributed by atoms with Crippen LogP contribution in [0.1, 0.15) is 19.4 Å². The van der Waals surface area contributed by atoms with Crippen LogP contribution in [0.2, 0.25) is 0 Å². The molecule has 0 unspecified atom stereocenters. The number of benzene rings is 1. The molecule has 0 saturated heterocycles. The van der Waals surface area contributed by atoms with Crippen molar-refractivity contribution in [2.24, 2.45) is 0 Å². The summed E-state index contributed by atoms with van der Waals surface area (Å²) in [5, 5.41) is 31.9. The fourth-order valence-electron chi connectivity index (χ4n) is 1.48. The van der Waals surface area contributed by atoms with Crippen molar-refractivity contribution in [2.45, 2.75) is 19.9 Å². The summed E-state index contributed by atoms with van der Waals surface area (Å²) in [6, 6.07) is 4.06. The maximum absolute atomic E-state index is 11.8. The highest BCUT2D eigenvalue weighted by Crippen LogP contribution is 2.35. The zero-order chi connectivity index (χ0) is 16.2. The molecule has 8 heteroatoms. The molecule has 0 aliphatic carbocycles. The Morgan fingerprint density at radius 2 is 2.19 bits per heavy atom. The molecule has 1 aromatic rings. The Bertz CT molecular complexity index is 662. The van der Waals surface area contributed by atoms with Gasteiger partial charge in [0, 0.05) is 12.1 Å². The number of carbonyl (C=O) groups is 1. The van der Waals surface area contributed by atoms with Gasteiger partial charge in [0.2, 0.25) is 5.75 Å². The van der Waals surface area contributed by atoms with Gasteiger partial charge in [-0.05, 0) is 47.5 Å². The van der Waals surface area contributed by atoms with Gasteiger partial charge in [0.25, 0.3) is 5.91 Å². The van der Waals surface area contributed by atoms with Crippen LogP contribution in [0.5, 0.6) is 5.75 Å². The molecule has 1 aromatic carbocycles. The van der Waals surface area contributed by atoms with Gasteiger partial charge in [-0.1, -0.05) is 0 Å². The molecule has 0 aromatic heterocycles. The van der Waals surface area contributed by atoms with E-state index in [1.54, 1.807) is 19.9 Å². The van der Waals surface area contributed by atoms with Crippen molar-refractivity contribution in [1.29, 1.82) is 5.26 Å². The summed E-state index contributed by atoms with van der Waals surface area (Å²) in [6.07, 6.45) is 1.22. The molecule has 7 nitrogen and oxygen atoms in total. The fourth-order valence-corrected chi connectivity index (χ4v) is 1.95. The third-order valence-electron chi connectivity index (χ3n) is 2.36. The first kappa shape index (κ1) is 16.7. The van der Waals surface area contributed by atoms with Crippen LogP contribution in [0.25, 0.3) is 6.08 Å². The first-order chi connectivity index (χ1) is 9.76. The van der Waals surface area contributed by atoms with Gasteiger partial charge in [0.05, 0.1) is 9.40 Å². The van der Waals surface area contributed by atoms with E-state index in [1.165, 1.54) is 12.1 Å². The number of carbonyl (C=O) groups excluding carboxylic acids is 1. The Hall–Kier alpha value is -2.40. The van der Waals surface area contributed by atoms with Crippen LogP contribution in [0.15, 0.2) is 22.2 Å². The number of halogens is 1. The van der Waals surface area contributed by atoms with Crippen LogP contribution < -0.4 is 5.32 Å². The lowest BCUT2D eigenvalue weighted by molar-refractivity contribution is -0.386. The number of nitrogens with zero attached hydrogens (tertiary/aromatic N) is 2. The van der Waals surface area contributed by atoms with Crippen molar-refractivity contribution < 1.29 is 14.8 Å². The summed E-state index contributed by atoms with van der Waals surface area (Å²) in [5.41, 5.74) is -0.449. The lowest BCUT2D eigenvalue weighted by Crippen LogP contribution is -2.30. The molecule has 21 heavy (non-hydrogen) atoms. The normalized spacial score (nSPS) is 11.1. The standard InChI is InChI=1S/C13H12BrN3O4/c1-7(2)16-13(19)9(6-15)3-8-4-10(14)12(18)11(5-8)17(20)21/h3-5,7,18H,1-2H3,(H,16,19)/b9-3-. The number of nitro groups is 1. The second-order valence-electron chi connectivity index (χ2n) is 4.43. The second-order valence-corrected chi connectivity index (χ2v) is 5.28. The Balaban J connectivity index is 3.27. The van der Waals surface area contributed by atoms with Gasteiger partial charge in [-0.3, -0.25) is 14.9 Å². The van der Waals surface area contributed by atoms with Crippen LogP contribution in [0, 0.1) is 21.4 Å². The van der Waals surface area contributed by atoms with Crippen LogP contribution in [-0.4, -0.2) is 22.0 Å². The van der Waals surface area contributed by atoms with Gasteiger partial charge >= 0.3 is 5.69 Å². The van der Waals surface area contributed by atoms with Crippen molar-refractivity contribution in [3.05, 3.63) is 37.9 Å². The predicted molar refractivity (Wildman–Crippen MR) is 79.3 cm³/mol. The van der Waals surface area contributed by atoms with E-state index in [-0.39, 0.29) is 21.7 Å². The van der Waals surface area contributed by atoms with Crippen LogP contribution >= 0.6 is 15.9 Å². The topological polar surface area (TPSA) is 116 Å². The summed E-state index contributed by atoms with van der Waals surface area (Å²) in [4.78, 5) is 21.8. The molecule has 0 radical (unpaired) electrons. The molecular formula is C13H12BrN3O4. The zero-order valence-corrected chi connectivity index (χ0v) is 12.8. The van der Waals surface area contributed by atoms with E-state index in [1.807, 2.05) is 0 Å². The molecule has 0 spiro atoms. The summed E-state index contributed by atoms with van der Waals surface area (Å²) in [5.74, 6) is -1.08. The van der Waals surface area contributed by atoms with E-state index in [0.29, 0.717) is 0 Å². The summed E-state index contributed by atoms with van der Waals surface area (Å²) >= 11 is 2.99. The summed E-state index contributed by atoms with van der Waals surface area (Å²) in [7, 11) is 0. The van der Waals surface area contributed by atoms with Crippen molar-refractivity contribution in [2.75, 3.05) is 0 Å². The number of aromatic hydroxyl groups is 1. The number of hydrogen-bond donors (Lipinski definition) is 2. The molecule has 0 atom stereocenters. The highest BCUT2D eigenvalue weighted by atomic mass is 79.9. The lowest BCUT2D eigenvalue weighted by atomic mass is 10.1. The molecule has 110 valence electrons. The van der Waals surface area contributed by atoms with Gasteiger partial charge in [0.1, 0.15) is 11.6 Å². The minimum Gasteiger partial charge on any atom is -0.501 e. The third-order valence-corrected chi connectivity index (χ3v) is 2.96. The Labute approximate surface area is 129 Å². The highest BCUT2D eigenvalue weighted by Gasteiger charge is 2.18. The average molecular weight is 354 g/mol. The molecule has 1 amide bonds. The summed E-state index contributed by atoms with van der Waals surface area (Å²) in [6.45, 7) is 3.49. The minimum absolute atomic E-state index is 0.101. The number of nitrogens with one attached hydrogen (secondary N) is 1. The number of nitriles is 1. The third kappa shape index (κ3) is 4.29. The Morgan fingerprint density at radius 1 is 1.57 bits per heavy atom. The molecule has 0 fully saturated rings. The Morgan fingerprint density at radius 3 is 2.67 bits per heavy atom. The number of amides is 1. The smallest absolute Gasteiger partial charge is 0.312 e. The van der Waals surface area contributed by atoms with Crippen molar-refractivity contribution in [1.82, 2.24) is 5.32 Å². The maximum atomic E-state index is 11.8. The van der Waals surface area contributed by atoms with E-state index >= 15 is 0 Å². The number of nitro benzene ring substituents is 1. The zero-order valence-electron chi connectivity index (χ0n) is 11.3. The molecule has 0 aliphatic heterocycles. The predicted octanol–water partition coefficient (Wildman–Crippen LogP) is 2.49. The van der Waals surface area contributed by atoms with Crippen molar-refractivity contribution >= 4 is 33.6 Å². The first-order valence-corrected chi connectivity index (χ1v) is 6.65. The van der Waals surface area contributed by atoms with Gasteiger partial charge in [0.15, 0.2) is 0 Å². The SMILES string of the molecule is CC(C)NC(=O)/C(C#N)=C\c1cc(Br)c(O)c([N+](=O)[O-])c1. The molecule has 0 saturated carbocycles. The van der Waals surface area contributed by atoms with E-state index in [2.05, 4.69) is 21.2 Å². The number of rotatable bonds is 4. The second kappa shape index (κ2) is 6.85. The van der Waals surface area contributed by atoms with Crippen LogP contribution in [0.4, 0.5) is 5.69 Å². The molecule has 0 aliphatic rings. The van der Waals surface area contributed by atoms with Crippen LogP contribution in [0.3, 0.4) is 0 Å². The van der Waals surface area contributed by atoms with E-state index in [4.69, 9.17) is 5.26 Å². The molecule has 0 heterocycles. The van der Waals surface area contributed by atoms with Crippen molar-refractivity contribution in [3.8, 4) is 11.8 Å². The van der Waals surface area contributed by atoms with Gasteiger partial charge in [-0.2, -0.15) is 5.26 Å². The number of phenolic OH excluding ortho intramolecular Hbond substituents is 1. The molecule has 2 N–H and O–H groups in total. The highest BCUT2D eigenvalue weighted by molar-refractivity contribution is 9.10. The van der Waals surface area contributed by atoms with E-state index in [9.17, 15) is 20.0 Å². The first-order valence-electron chi connectivity index (χ1n) is 5.85. The minimum atomic E-state index is -0.752. The van der Waals surface area contributed by atoms with Gasteiger partial charge in [-0.25, -0.2) is 0 Å². The maximum Gasteiger partial charge on any atom is 0.312 e. The molecular weight excluding hydrogens is 342 g/mol. The number of hydrogen-bond acceptors (Lipinski definition) is 5. The van der Waals surface area contributed by atoms with Crippen molar-refractivity contribution in [3.63, 3.8) is 0 Å². The van der Waals surface area contributed by atoms with Crippen LogP contribution in [-0.2, 0) is 4.79 Å². The molecule has 1 rings (SSSR count). The fraction of sp³-hybridized carbons (Fsp3) is 0.231. The largest absolute Gasteiger partial charge is 0.501 e. The van der Waals surface area contributed by atoms with Gasteiger partial charge < -0.3 is 10.4 Å². The van der Waals surface area contributed by atoms with E-state index in [0.717, 1.165) is 6.07 Å². The van der Waals surface area contributed by atoms with E-state index < -0.39 is 22.3 Å². The average Bonchev–Trinajstić information content (AvgIpc) is 2.38.